The molecule has 4 nitrogen and oxygen atoms in total. The van der Waals surface area contributed by atoms with Crippen molar-refractivity contribution >= 4 is 0 Å². The summed E-state index contributed by atoms with van der Waals surface area (Å²) in [5.41, 5.74) is 1.30. The zero-order chi connectivity index (χ0) is 11.7. The Balaban J connectivity index is 1.45. The van der Waals surface area contributed by atoms with Gasteiger partial charge in [-0.2, -0.15) is 0 Å². The van der Waals surface area contributed by atoms with Gasteiger partial charge in [-0.3, -0.25) is 0 Å². The quantitative estimate of drug-likeness (QED) is 0.812. The molecule has 0 amide bonds. The second-order valence-electron chi connectivity index (χ2n) is 5.49. The molecular formula is C13H21N3O. The van der Waals surface area contributed by atoms with Gasteiger partial charge in [0.05, 0.1) is 18.1 Å². The predicted molar refractivity (Wildman–Crippen MR) is 65.6 cm³/mol. The van der Waals surface area contributed by atoms with Crippen molar-refractivity contribution in [3.63, 3.8) is 0 Å². The van der Waals surface area contributed by atoms with Crippen LogP contribution < -0.4 is 5.32 Å². The van der Waals surface area contributed by atoms with Gasteiger partial charge in [-0.1, -0.05) is 0 Å². The van der Waals surface area contributed by atoms with Crippen LogP contribution in [0.25, 0.3) is 0 Å². The summed E-state index contributed by atoms with van der Waals surface area (Å²) in [7, 11) is 0. The van der Waals surface area contributed by atoms with Gasteiger partial charge in [-0.05, 0) is 44.6 Å². The smallest absolute Gasteiger partial charge is 0.0951 e. The fourth-order valence-electron chi connectivity index (χ4n) is 2.79. The van der Waals surface area contributed by atoms with E-state index in [0.29, 0.717) is 12.0 Å². The molecule has 2 unspecified atom stereocenters. The van der Waals surface area contributed by atoms with Crippen LogP contribution in [0, 0.1) is 5.92 Å². The average molecular weight is 235 g/mol. The molecule has 2 saturated carbocycles. The molecule has 0 radical (unpaired) electrons. The SMILES string of the molecule is OC1CCC(CNCc2cncn2C2CC2)C1. The lowest BCUT2D eigenvalue weighted by atomic mass is 10.1. The monoisotopic (exact) mass is 235 g/mol. The van der Waals surface area contributed by atoms with E-state index in [-0.39, 0.29) is 6.10 Å². The van der Waals surface area contributed by atoms with Crippen LogP contribution in [0.15, 0.2) is 12.5 Å². The molecule has 2 fully saturated rings. The van der Waals surface area contributed by atoms with Crippen LogP contribution in [-0.4, -0.2) is 27.3 Å². The van der Waals surface area contributed by atoms with Gasteiger partial charge >= 0.3 is 0 Å². The molecule has 2 aliphatic rings. The first kappa shape index (κ1) is 11.2. The molecule has 17 heavy (non-hydrogen) atoms. The number of imidazole rings is 1. The molecule has 94 valence electrons. The maximum Gasteiger partial charge on any atom is 0.0951 e. The van der Waals surface area contributed by atoms with E-state index in [2.05, 4.69) is 14.9 Å². The van der Waals surface area contributed by atoms with Gasteiger partial charge in [0.2, 0.25) is 0 Å². The Bertz CT molecular complexity index is 372. The number of hydrogen-bond donors (Lipinski definition) is 2. The van der Waals surface area contributed by atoms with Gasteiger partial charge < -0.3 is 15.0 Å². The van der Waals surface area contributed by atoms with Gasteiger partial charge in [0.1, 0.15) is 0 Å². The molecule has 0 aromatic carbocycles. The Kier molecular flexibility index (Phi) is 3.16. The van der Waals surface area contributed by atoms with Gasteiger partial charge in [0.15, 0.2) is 0 Å². The molecule has 1 aromatic heterocycles. The number of aliphatic hydroxyl groups is 1. The minimum Gasteiger partial charge on any atom is -0.393 e. The number of aromatic nitrogens is 2. The molecule has 2 atom stereocenters. The molecular weight excluding hydrogens is 214 g/mol. The number of hydrogen-bond acceptors (Lipinski definition) is 3. The summed E-state index contributed by atoms with van der Waals surface area (Å²) in [6, 6.07) is 0.711. The predicted octanol–water partition coefficient (Wildman–Crippen LogP) is 1.47. The van der Waals surface area contributed by atoms with Crippen LogP contribution >= 0.6 is 0 Å². The van der Waals surface area contributed by atoms with Crippen molar-refractivity contribution in [2.45, 2.75) is 50.8 Å². The lowest BCUT2D eigenvalue weighted by Crippen LogP contribution is -2.22. The van der Waals surface area contributed by atoms with Crippen LogP contribution in [0.4, 0.5) is 0 Å². The largest absolute Gasteiger partial charge is 0.393 e. The van der Waals surface area contributed by atoms with Crippen LogP contribution in [-0.2, 0) is 6.54 Å². The molecule has 0 aliphatic heterocycles. The number of nitrogens with zero attached hydrogens (tertiary/aromatic N) is 2. The Hall–Kier alpha value is -0.870. The Morgan fingerprint density at radius 1 is 1.35 bits per heavy atom. The molecule has 2 N–H and O–H groups in total. The number of rotatable bonds is 5. The third-order valence-corrected chi connectivity index (χ3v) is 3.94. The van der Waals surface area contributed by atoms with Crippen molar-refractivity contribution in [2.24, 2.45) is 5.92 Å². The second-order valence-corrected chi connectivity index (χ2v) is 5.49. The third-order valence-electron chi connectivity index (χ3n) is 3.94. The zero-order valence-corrected chi connectivity index (χ0v) is 10.2. The van der Waals surface area contributed by atoms with Gasteiger partial charge in [-0.25, -0.2) is 4.98 Å². The highest BCUT2D eigenvalue weighted by atomic mass is 16.3. The summed E-state index contributed by atoms with van der Waals surface area (Å²) < 4.78 is 2.30. The summed E-state index contributed by atoms with van der Waals surface area (Å²) >= 11 is 0. The molecule has 0 bridgehead atoms. The molecule has 2 aliphatic carbocycles. The molecule has 3 rings (SSSR count). The van der Waals surface area contributed by atoms with Crippen LogP contribution in [0.3, 0.4) is 0 Å². The lowest BCUT2D eigenvalue weighted by molar-refractivity contribution is 0.177. The number of nitrogens with one attached hydrogen (secondary N) is 1. The fourth-order valence-corrected chi connectivity index (χ4v) is 2.79. The van der Waals surface area contributed by atoms with E-state index in [1.54, 1.807) is 0 Å². The highest BCUT2D eigenvalue weighted by Crippen LogP contribution is 2.35. The first-order chi connectivity index (χ1) is 8.33. The fraction of sp³-hybridized carbons (Fsp3) is 0.769. The van der Waals surface area contributed by atoms with E-state index in [0.717, 1.165) is 32.4 Å². The highest BCUT2D eigenvalue weighted by molar-refractivity contribution is 5.03. The second kappa shape index (κ2) is 4.78. The molecule has 0 spiro atoms. The highest BCUT2D eigenvalue weighted by Gasteiger charge is 2.25. The van der Waals surface area contributed by atoms with E-state index in [9.17, 15) is 5.11 Å². The minimum absolute atomic E-state index is 0.0567. The normalized spacial score (nSPS) is 28.8. The minimum atomic E-state index is -0.0567. The van der Waals surface area contributed by atoms with Crippen molar-refractivity contribution in [3.8, 4) is 0 Å². The van der Waals surface area contributed by atoms with E-state index < -0.39 is 0 Å². The summed E-state index contributed by atoms with van der Waals surface area (Å²) in [6.45, 7) is 1.93. The summed E-state index contributed by atoms with van der Waals surface area (Å²) in [5, 5.41) is 13.0. The standard InChI is InChI=1S/C13H21N3O/c17-13-4-1-10(5-13)6-14-7-12-8-15-9-16(12)11-2-3-11/h8-11,13-14,17H,1-7H2. The molecule has 0 saturated heterocycles. The molecule has 1 heterocycles. The van der Waals surface area contributed by atoms with Gasteiger partial charge in [-0.15, -0.1) is 0 Å². The van der Waals surface area contributed by atoms with Gasteiger partial charge in [0, 0.05) is 18.8 Å². The maximum atomic E-state index is 9.47. The third kappa shape index (κ3) is 2.69. The topological polar surface area (TPSA) is 50.1 Å². The Labute approximate surface area is 102 Å². The van der Waals surface area contributed by atoms with Crippen LogP contribution in [0.2, 0.25) is 0 Å². The van der Waals surface area contributed by atoms with Crippen molar-refractivity contribution in [2.75, 3.05) is 6.54 Å². The summed E-state index contributed by atoms with van der Waals surface area (Å²) in [4.78, 5) is 4.23. The average Bonchev–Trinajstić information content (AvgIpc) is 2.92. The van der Waals surface area contributed by atoms with Crippen molar-refractivity contribution in [1.29, 1.82) is 0 Å². The summed E-state index contributed by atoms with van der Waals surface area (Å²) in [5.74, 6) is 0.655. The van der Waals surface area contributed by atoms with E-state index in [4.69, 9.17) is 0 Å². The lowest BCUT2D eigenvalue weighted by Gasteiger charge is -2.12. The number of aliphatic hydroxyl groups excluding tert-OH is 1. The Morgan fingerprint density at radius 3 is 2.94 bits per heavy atom. The van der Waals surface area contributed by atoms with E-state index >= 15 is 0 Å². The van der Waals surface area contributed by atoms with E-state index in [1.165, 1.54) is 18.5 Å². The first-order valence-electron chi connectivity index (χ1n) is 6.72. The van der Waals surface area contributed by atoms with Crippen molar-refractivity contribution in [3.05, 3.63) is 18.2 Å². The molecule has 1 aromatic rings. The first-order valence-corrected chi connectivity index (χ1v) is 6.72. The van der Waals surface area contributed by atoms with Gasteiger partial charge in [0.25, 0.3) is 0 Å². The zero-order valence-electron chi connectivity index (χ0n) is 10.2. The van der Waals surface area contributed by atoms with Crippen LogP contribution in [0.5, 0.6) is 0 Å². The van der Waals surface area contributed by atoms with Crippen LogP contribution in [0.1, 0.15) is 43.8 Å². The summed E-state index contributed by atoms with van der Waals surface area (Å²) in [6.07, 6.45) is 9.58. The van der Waals surface area contributed by atoms with E-state index in [1.807, 2.05) is 12.5 Å². The Morgan fingerprint density at radius 2 is 2.24 bits per heavy atom. The molecule has 4 heteroatoms. The van der Waals surface area contributed by atoms with Crippen molar-refractivity contribution < 1.29 is 5.11 Å². The van der Waals surface area contributed by atoms with Crippen molar-refractivity contribution in [1.82, 2.24) is 14.9 Å². The maximum absolute atomic E-state index is 9.47.